The van der Waals surface area contributed by atoms with E-state index in [9.17, 15) is 4.79 Å². The molecule has 0 saturated heterocycles. The summed E-state index contributed by atoms with van der Waals surface area (Å²) in [5, 5.41) is 0. The fourth-order valence-electron chi connectivity index (χ4n) is 2.56. The Hall–Kier alpha value is -1.09. The minimum absolute atomic E-state index is 0. The van der Waals surface area contributed by atoms with Gasteiger partial charge in [0.15, 0.2) is 0 Å². The zero-order valence-corrected chi connectivity index (χ0v) is 12.2. The molecule has 0 amide bonds. The summed E-state index contributed by atoms with van der Waals surface area (Å²) in [4.78, 5) is 10.2. The molecule has 0 unspecified atom stereocenters. The summed E-state index contributed by atoms with van der Waals surface area (Å²) in [5.74, 6) is 0.142. The van der Waals surface area contributed by atoms with Crippen molar-refractivity contribution in [2.45, 2.75) is 5.92 Å². The molecule has 2 aromatic rings. The molecule has 2 nitrogen and oxygen atoms in total. The number of fused-ring (bicyclic) bond motifs is 3. The second-order valence-electron chi connectivity index (χ2n) is 4.12. The molecule has 0 aliphatic heterocycles. The second-order valence-corrected chi connectivity index (χ2v) is 4.12. The quantitative estimate of drug-likeness (QED) is 0.558. The predicted molar refractivity (Wildman–Crippen MR) is 65.4 cm³/mol. The molecule has 2 aromatic carbocycles. The smallest absolute Gasteiger partial charge is 0.652 e. The van der Waals surface area contributed by atoms with Crippen LogP contribution in [0.25, 0.3) is 11.1 Å². The molecule has 0 aromatic heterocycles. The van der Waals surface area contributed by atoms with Gasteiger partial charge in [0, 0.05) is 5.92 Å². The zero-order chi connectivity index (χ0) is 11.7. The third-order valence-corrected chi connectivity index (χ3v) is 3.27. The maximum absolute atomic E-state index is 10.2. The maximum atomic E-state index is 10.2. The van der Waals surface area contributed by atoms with Crippen LogP contribution < -0.4 is 29.6 Å². The van der Waals surface area contributed by atoms with Crippen molar-refractivity contribution in [3.63, 3.8) is 0 Å². The summed E-state index contributed by atoms with van der Waals surface area (Å²) in [5.41, 5.74) is 4.93. The van der Waals surface area contributed by atoms with Crippen LogP contribution in [0.3, 0.4) is 0 Å². The van der Waals surface area contributed by atoms with E-state index in [1.807, 2.05) is 24.3 Å². The number of benzene rings is 2. The fraction of sp³-hybridized carbons (Fsp3) is 0.133. The molecule has 1 aliphatic rings. The maximum Gasteiger partial charge on any atom is 1.00 e. The molecule has 0 radical (unpaired) electrons. The van der Waals surface area contributed by atoms with E-state index < -0.39 is 0 Å². The third-order valence-electron chi connectivity index (χ3n) is 3.27. The number of hydrogen-bond acceptors (Lipinski definition) is 2. The predicted octanol–water partition coefficient (Wildman–Crippen LogP) is -0.113. The summed E-state index contributed by atoms with van der Waals surface area (Å²) in [6, 6.07) is 16.5. The molecule has 3 rings (SSSR count). The molecule has 0 fully saturated rings. The Morgan fingerprint density at radius 2 is 1.44 bits per heavy atom. The molecule has 18 heavy (non-hydrogen) atoms. The van der Waals surface area contributed by atoms with Gasteiger partial charge in [-0.25, -0.2) is 0 Å². The number of ether oxygens (including phenoxy) is 1. The third kappa shape index (κ3) is 2.12. The molecule has 0 heterocycles. The molecular weight excluding hydrogens is 235 g/mol. The summed E-state index contributed by atoms with van der Waals surface area (Å²) < 4.78 is 4.83. The average Bonchev–Trinajstić information content (AvgIpc) is 2.71. The first-order valence-electron chi connectivity index (χ1n) is 5.59. The monoisotopic (exact) mass is 246 g/mol. The van der Waals surface area contributed by atoms with Gasteiger partial charge in [0.1, 0.15) is 0 Å². The summed E-state index contributed by atoms with van der Waals surface area (Å²) in [6.45, 7) is 1.86. The van der Waals surface area contributed by atoms with Crippen LogP contribution in [0.5, 0.6) is 0 Å². The van der Waals surface area contributed by atoms with Crippen molar-refractivity contribution in [2.75, 3.05) is 6.61 Å². The van der Waals surface area contributed by atoms with Crippen LogP contribution in [-0.2, 0) is 9.53 Å². The number of carbonyl (C=O) groups excluding carboxylic acids is 1. The van der Waals surface area contributed by atoms with Crippen LogP contribution in [0, 0.1) is 0 Å². The standard InChI is InChI=1S/C15H11O2.Na/c16-10-17-9-15-13-7-3-1-5-11(13)12-6-2-4-8-14(12)15;/h1-8,15H,9H2;/q-1;+1. The van der Waals surface area contributed by atoms with Crippen molar-refractivity contribution in [3.8, 4) is 11.1 Å². The van der Waals surface area contributed by atoms with Crippen LogP contribution in [0.2, 0.25) is 0 Å². The normalized spacial score (nSPS) is 12.2. The van der Waals surface area contributed by atoms with Crippen molar-refractivity contribution in [3.05, 3.63) is 59.7 Å². The SMILES string of the molecule is O=[C-]OCC1c2ccccc2-c2ccccc21.[Na+]. The van der Waals surface area contributed by atoms with Crippen LogP contribution in [-0.4, -0.2) is 13.1 Å². The molecule has 0 atom stereocenters. The Labute approximate surface area is 128 Å². The first-order chi connectivity index (χ1) is 8.42. The van der Waals surface area contributed by atoms with Crippen molar-refractivity contribution >= 4 is 6.47 Å². The molecule has 0 bridgehead atoms. The van der Waals surface area contributed by atoms with E-state index in [-0.39, 0.29) is 35.5 Å². The van der Waals surface area contributed by atoms with E-state index >= 15 is 0 Å². The Kier molecular flexibility index (Phi) is 4.23. The zero-order valence-electron chi connectivity index (χ0n) is 10.2. The van der Waals surface area contributed by atoms with Gasteiger partial charge in [0.25, 0.3) is 0 Å². The van der Waals surface area contributed by atoms with Crippen LogP contribution >= 0.6 is 0 Å². The summed E-state index contributed by atoms with van der Waals surface area (Å²) >= 11 is 0. The van der Waals surface area contributed by atoms with E-state index in [1.54, 1.807) is 0 Å². The molecule has 3 heteroatoms. The second kappa shape index (κ2) is 5.70. The van der Waals surface area contributed by atoms with Crippen LogP contribution in [0.4, 0.5) is 0 Å². The Balaban J connectivity index is 0.00000120. The number of rotatable bonds is 3. The molecule has 0 spiro atoms. The fourth-order valence-corrected chi connectivity index (χ4v) is 2.56. The van der Waals surface area contributed by atoms with Gasteiger partial charge < -0.3 is 9.53 Å². The van der Waals surface area contributed by atoms with E-state index in [0.717, 1.165) is 0 Å². The Bertz CT molecular complexity index is 520. The van der Waals surface area contributed by atoms with Crippen molar-refractivity contribution in [2.24, 2.45) is 0 Å². The minimum atomic E-state index is 0. The van der Waals surface area contributed by atoms with Gasteiger partial charge >= 0.3 is 29.6 Å². The van der Waals surface area contributed by atoms with Crippen molar-refractivity contribution in [1.82, 2.24) is 0 Å². The van der Waals surface area contributed by atoms with Crippen molar-refractivity contribution < 1.29 is 39.1 Å². The summed E-state index contributed by atoms with van der Waals surface area (Å²) in [7, 11) is 0. The van der Waals surface area contributed by atoms with Gasteiger partial charge in [0.05, 0.1) is 6.61 Å². The van der Waals surface area contributed by atoms with E-state index in [2.05, 4.69) is 24.3 Å². The van der Waals surface area contributed by atoms with Gasteiger partial charge in [-0.2, -0.15) is 0 Å². The van der Waals surface area contributed by atoms with Crippen LogP contribution in [0.1, 0.15) is 17.0 Å². The topological polar surface area (TPSA) is 26.3 Å². The molecule has 0 N–H and O–H groups in total. The van der Waals surface area contributed by atoms with Gasteiger partial charge in [-0.05, 0) is 22.3 Å². The molecule has 84 valence electrons. The average molecular weight is 246 g/mol. The molecule has 0 saturated carbocycles. The summed E-state index contributed by atoms with van der Waals surface area (Å²) in [6.07, 6.45) is 0. The minimum Gasteiger partial charge on any atom is -0.652 e. The van der Waals surface area contributed by atoms with Gasteiger partial charge in [-0.3, -0.25) is 0 Å². The van der Waals surface area contributed by atoms with E-state index in [0.29, 0.717) is 6.61 Å². The largest absolute Gasteiger partial charge is 1.00 e. The van der Waals surface area contributed by atoms with E-state index in [4.69, 9.17) is 4.74 Å². The van der Waals surface area contributed by atoms with Gasteiger partial charge in [0.2, 0.25) is 0 Å². The molecule has 1 aliphatic carbocycles. The molecular formula is C15H11NaO2. The Morgan fingerprint density at radius 1 is 0.944 bits per heavy atom. The Morgan fingerprint density at radius 3 is 1.94 bits per heavy atom. The van der Waals surface area contributed by atoms with Gasteiger partial charge in [-0.15, -0.1) is 0 Å². The first-order valence-corrected chi connectivity index (χ1v) is 5.59. The van der Waals surface area contributed by atoms with Crippen molar-refractivity contribution in [1.29, 1.82) is 0 Å². The van der Waals surface area contributed by atoms with Crippen LogP contribution in [0.15, 0.2) is 48.5 Å². The first kappa shape index (κ1) is 13.3. The van der Waals surface area contributed by atoms with E-state index in [1.165, 1.54) is 28.7 Å². The number of hydrogen-bond donors (Lipinski definition) is 0. The van der Waals surface area contributed by atoms with Gasteiger partial charge in [-0.1, -0.05) is 55.0 Å².